The number of rotatable bonds is 5. The Hall–Kier alpha value is -0.120. The lowest BCUT2D eigenvalue weighted by molar-refractivity contribution is 0.462. The SMILES string of the molecule is CSCC(C)CNC1CCSc2ccccc21. The van der Waals surface area contributed by atoms with E-state index in [-0.39, 0.29) is 0 Å². The van der Waals surface area contributed by atoms with Crippen LogP contribution in [0.3, 0.4) is 0 Å². The Morgan fingerprint density at radius 2 is 2.29 bits per heavy atom. The van der Waals surface area contributed by atoms with Crippen molar-refractivity contribution < 1.29 is 0 Å². The molecule has 1 aromatic rings. The van der Waals surface area contributed by atoms with E-state index < -0.39 is 0 Å². The van der Waals surface area contributed by atoms with Gasteiger partial charge >= 0.3 is 0 Å². The third kappa shape index (κ3) is 3.67. The van der Waals surface area contributed by atoms with Crippen molar-refractivity contribution >= 4 is 23.5 Å². The van der Waals surface area contributed by atoms with E-state index >= 15 is 0 Å². The standard InChI is InChI=1S/C14H21NS2/c1-11(10-16-2)9-15-13-7-8-17-14-6-4-3-5-12(13)14/h3-6,11,13,15H,7-10H2,1-2H3. The fraction of sp³-hybridized carbons (Fsp3) is 0.571. The molecular formula is C14H21NS2. The molecule has 0 spiro atoms. The Kier molecular flexibility index (Phi) is 5.26. The van der Waals surface area contributed by atoms with E-state index in [1.165, 1.54) is 28.4 Å². The van der Waals surface area contributed by atoms with Gasteiger partial charge in [0.2, 0.25) is 0 Å². The second-order valence-corrected chi connectivity index (χ2v) is 6.74. The first-order chi connectivity index (χ1) is 8.31. The lowest BCUT2D eigenvalue weighted by Gasteiger charge is -2.27. The maximum absolute atomic E-state index is 3.74. The molecule has 0 bridgehead atoms. The molecule has 3 heteroatoms. The van der Waals surface area contributed by atoms with E-state index in [1.54, 1.807) is 0 Å². The molecule has 94 valence electrons. The predicted octanol–water partition coefficient (Wildman–Crippen LogP) is 3.81. The van der Waals surface area contributed by atoms with Gasteiger partial charge in [-0.25, -0.2) is 0 Å². The molecule has 2 atom stereocenters. The van der Waals surface area contributed by atoms with Crippen LogP contribution in [0.5, 0.6) is 0 Å². The van der Waals surface area contributed by atoms with Crippen LogP contribution in [0.4, 0.5) is 0 Å². The van der Waals surface area contributed by atoms with Gasteiger partial charge in [-0.05, 0) is 48.3 Å². The van der Waals surface area contributed by atoms with Gasteiger partial charge in [0.05, 0.1) is 0 Å². The number of benzene rings is 1. The summed E-state index contributed by atoms with van der Waals surface area (Å²) in [6.45, 7) is 3.46. The monoisotopic (exact) mass is 267 g/mol. The molecule has 2 rings (SSSR count). The van der Waals surface area contributed by atoms with Crippen LogP contribution in [0, 0.1) is 5.92 Å². The summed E-state index contributed by atoms with van der Waals surface area (Å²) in [7, 11) is 0. The second kappa shape index (κ2) is 6.72. The van der Waals surface area contributed by atoms with Crippen molar-refractivity contribution in [2.75, 3.05) is 24.3 Å². The number of hydrogen-bond acceptors (Lipinski definition) is 3. The van der Waals surface area contributed by atoms with E-state index in [9.17, 15) is 0 Å². The predicted molar refractivity (Wildman–Crippen MR) is 80.1 cm³/mol. The van der Waals surface area contributed by atoms with E-state index in [0.717, 1.165) is 12.5 Å². The Bertz CT molecular complexity index is 354. The fourth-order valence-electron chi connectivity index (χ4n) is 2.24. The van der Waals surface area contributed by atoms with Crippen LogP contribution in [-0.2, 0) is 0 Å². The van der Waals surface area contributed by atoms with Crippen molar-refractivity contribution in [3.8, 4) is 0 Å². The van der Waals surface area contributed by atoms with Gasteiger partial charge in [0, 0.05) is 10.9 Å². The zero-order chi connectivity index (χ0) is 12.1. The van der Waals surface area contributed by atoms with E-state index in [0.29, 0.717) is 6.04 Å². The zero-order valence-electron chi connectivity index (χ0n) is 10.6. The molecule has 1 aliphatic heterocycles. The van der Waals surface area contributed by atoms with Crippen LogP contribution in [0.1, 0.15) is 24.9 Å². The molecule has 17 heavy (non-hydrogen) atoms. The molecule has 0 saturated carbocycles. The van der Waals surface area contributed by atoms with E-state index in [1.807, 2.05) is 23.5 Å². The molecule has 2 unspecified atom stereocenters. The van der Waals surface area contributed by atoms with Crippen molar-refractivity contribution in [2.24, 2.45) is 5.92 Å². The average molecular weight is 267 g/mol. The Balaban J connectivity index is 1.94. The third-order valence-corrected chi connectivity index (χ3v) is 5.15. The minimum Gasteiger partial charge on any atom is -0.310 e. The summed E-state index contributed by atoms with van der Waals surface area (Å²) >= 11 is 3.93. The van der Waals surface area contributed by atoms with Crippen molar-refractivity contribution in [2.45, 2.75) is 24.3 Å². The summed E-state index contributed by atoms with van der Waals surface area (Å²) < 4.78 is 0. The highest BCUT2D eigenvalue weighted by Crippen LogP contribution is 2.35. The van der Waals surface area contributed by atoms with Crippen LogP contribution in [0.25, 0.3) is 0 Å². The van der Waals surface area contributed by atoms with Gasteiger partial charge in [-0.1, -0.05) is 25.1 Å². The molecule has 0 aliphatic carbocycles. The van der Waals surface area contributed by atoms with Gasteiger partial charge in [-0.15, -0.1) is 11.8 Å². The average Bonchev–Trinajstić information content (AvgIpc) is 2.36. The highest BCUT2D eigenvalue weighted by Gasteiger charge is 2.19. The Morgan fingerprint density at radius 3 is 3.12 bits per heavy atom. The van der Waals surface area contributed by atoms with Gasteiger partial charge in [0.15, 0.2) is 0 Å². The second-order valence-electron chi connectivity index (χ2n) is 4.70. The maximum Gasteiger partial charge on any atom is 0.0339 e. The molecule has 1 nitrogen and oxygen atoms in total. The molecule has 0 aromatic heterocycles. The number of thioether (sulfide) groups is 2. The lowest BCUT2D eigenvalue weighted by atomic mass is 10.0. The minimum atomic E-state index is 0.566. The lowest BCUT2D eigenvalue weighted by Crippen LogP contribution is -2.29. The van der Waals surface area contributed by atoms with E-state index in [4.69, 9.17) is 0 Å². The molecule has 0 fully saturated rings. The summed E-state index contributed by atoms with van der Waals surface area (Å²) in [6, 6.07) is 9.39. The molecule has 0 radical (unpaired) electrons. The van der Waals surface area contributed by atoms with Gasteiger partial charge in [0.1, 0.15) is 0 Å². The minimum absolute atomic E-state index is 0.566. The number of nitrogens with one attached hydrogen (secondary N) is 1. The summed E-state index contributed by atoms with van der Waals surface area (Å²) in [6.07, 6.45) is 3.44. The Labute approximate surface area is 113 Å². The molecule has 1 aromatic carbocycles. The highest BCUT2D eigenvalue weighted by atomic mass is 32.2. The highest BCUT2D eigenvalue weighted by molar-refractivity contribution is 7.99. The first-order valence-corrected chi connectivity index (χ1v) is 8.63. The van der Waals surface area contributed by atoms with Crippen molar-refractivity contribution in [3.63, 3.8) is 0 Å². The smallest absolute Gasteiger partial charge is 0.0339 e. The zero-order valence-corrected chi connectivity index (χ0v) is 12.2. The first-order valence-electron chi connectivity index (χ1n) is 6.25. The number of hydrogen-bond donors (Lipinski definition) is 1. The van der Waals surface area contributed by atoms with Crippen LogP contribution >= 0.6 is 23.5 Å². The molecule has 1 aliphatic rings. The normalized spacial score (nSPS) is 20.9. The largest absolute Gasteiger partial charge is 0.310 e. The van der Waals surface area contributed by atoms with Gasteiger partial charge in [-0.3, -0.25) is 0 Å². The summed E-state index contributed by atoms with van der Waals surface area (Å²) in [5, 5.41) is 3.74. The van der Waals surface area contributed by atoms with Crippen molar-refractivity contribution in [1.29, 1.82) is 0 Å². The summed E-state index contributed by atoms with van der Waals surface area (Å²) in [5.41, 5.74) is 1.50. The fourth-order valence-corrected chi connectivity index (χ4v) is 4.05. The van der Waals surface area contributed by atoms with Crippen molar-refractivity contribution in [3.05, 3.63) is 29.8 Å². The summed E-state index contributed by atoms with van der Waals surface area (Å²) in [4.78, 5) is 1.47. The Morgan fingerprint density at radius 1 is 1.47 bits per heavy atom. The molecule has 1 N–H and O–H groups in total. The van der Waals surface area contributed by atoms with Crippen LogP contribution in [0.15, 0.2) is 29.2 Å². The maximum atomic E-state index is 3.74. The third-order valence-electron chi connectivity index (χ3n) is 3.12. The van der Waals surface area contributed by atoms with Gasteiger partial charge < -0.3 is 5.32 Å². The van der Waals surface area contributed by atoms with Crippen LogP contribution in [0.2, 0.25) is 0 Å². The summed E-state index contributed by atoms with van der Waals surface area (Å²) in [5.74, 6) is 3.24. The topological polar surface area (TPSA) is 12.0 Å². The van der Waals surface area contributed by atoms with Crippen molar-refractivity contribution in [1.82, 2.24) is 5.32 Å². The molecular weight excluding hydrogens is 246 g/mol. The quantitative estimate of drug-likeness (QED) is 0.871. The van der Waals surface area contributed by atoms with Gasteiger partial charge in [0.25, 0.3) is 0 Å². The number of fused-ring (bicyclic) bond motifs is 1. The molecule has 1 heterocycles. The first kappa shape index (κ1) is 13.3. The van der Waals surface area contributed by atoms with Gasteiger partial charge in [-0.2, -0.15) is 11.8 Å². The van der Waals surface area contributed by atoms with Crippen LogP contribution in [-0.4, -0.2) is 24.3 Å². The molecule has 0 amide bonds. The van der Waals surface area contributed by atoms with Crippen LogP contribution < -0.4 is 5.32 Å². The van der Waals surface area contributed by atoms with E-state index in [2.05, 4.69) is 42.8 Å². The molecule has 0 saturated heterocycles.